The highest BCUT2D eigenvalue weighted by atomic mass is 16.5. The molecular weight excluding hydrogens is 228 g/mol. The lowest BCUT2D eigenvalue weighted by molar-refractivity contribution is 0.199. The third-order valence-electron chi connectivity index (χ3n) is 2.99. The number of benzene rings is 1. The van der Waals surface area contributed by atoms with E-state index in [1.807, 2.05) is 6.20 Å². The monoisotopic (exact) mass is 248 g/mol. The second kappa shape index (κ2) is 6.54. The van der Waals surface area contributed by atoms with Gasteiger partial charge in [0.15, 0.2) is 0 Å². The zero-order valence-electron chi connectivity index (χ0n) is 10.7. The Hall–Kier alpha value is -1.36. The van der Waals surface area contributed by atoms with E-state index in [2.05, 4.69) is 34.1 Å². The smallest absolute Gasteiger partial charge is 0.0610 e. The number of ether oxygens (including phenoxy) is 1. The van der Waals surface area contributed by atoms with E-state index in [9.17, 15) is 0 Å². The van der Waals surface area contributed by atoms with Crippen molar-refractivity contribution in [1.29, 1.82) is 0 Å². The van der Waals surface area contributed by atoms with Crippen LogP contribution >= 0.6 is 0 Å². The number of hydrogen-bond acceptors (Lipinski definition) is 3. The maximum Gasteiger partial charge on any atom is 0.0610 e. The van der Waals surface area contributed by atoms with E-state index in [0.29, 0.717) is 6.54 Å². The van der Waals surface area contributed by atoms with Gasteiger partial charge in [0.25, 0.3) is 0 Å². The third-order valence-corrected chi connectivity index (χ3v) is 2.99. The van der Waals surface area contributed by atoms with E-state index in [0.717, 1.165) is 19.7 Å². The van der Waals surface area contributed by atoms with Gasteiger partial charge in [0, 0.05) is 38.5 Å². The molecule has 1 aromatic carbocycles. The average Bonchev–Trinajstić information content (AvgIpc) is 2.78. The highest BCUT2D eigenvalue weighted by Gasteiger charge is 2.02. The fraction of sp³-hybridized carbons (Fsp3) is 0.429. The SMILES string of the molecule is COCCNCc1ccc2ccn(CCO)c2c1. The fourth-order valence-corrected chi connectivity index (χ4v) is 2.05. The number of methoxy groups -OCH3 is 1. The van der Waals surface area contributed by atoms with Crippen molar-refractivity contribution in [2.24, 2.45) is 0 Å². The molecular formula is C14H20N2O2. The lowest BCUT2D eigenvalue weighted by Gasteiger charge is -2.07. The standard InChI is InChI=1S/C14H20N2O2/c1-18-9-5-15-11-12-2-3-13-4-6-16(7-8-17)14(13)10-12/h2-4,6,10,15,17H,5,7-9,11H2,1H3. The molecule has 0 aliphatic rings. The van der Waals surface area contributed by atoms with Gasteiger partial charge in [-0.05, 0) is 23.1 Å². The van der Waals surface area contributed by atoms with Crippen LogP contribution in [0.15, 0.2) is 30.5 Å². The quantitative estimate of drug-likeness (QED) is 0.728. The van der Waals surface area contributed by atoms with Crippen LogP contribution in [0, 0.1) is 0 Å². The van der Waals surface area contributed by atoms with Crippen molar-refractivity contribution in [3.05, 3.63) is 36.0 Å². The van der Waals surface area contributed by atoms with Gasteiger partial charge in [-0.25, -0.2) is 0 Å². The summed E-state index contributed by atoms with van der Waals surface area (Å²) in [7, 11) is 1.70. The van der Waals surface area contributed by atoms with Crippen molar-refractivity contribution in [3.8, 4) is 0 Å². The predicted molar refractivity (Wildman–Crippen MR) is 72.6 cm³/mol. The minimum absolute atomic E-state index is 0.167. The normalized spacial score (nSPS) is 11.2. The van der Waals surface area contributed by atoms with Gasteiger partial charge in [-0.15, -0.1) is 0 Å². The molecule has 4 heteroatoms. The van der Waals surface area contributed by atoms with Crippen LogP contribution in [0.3, 0.4) is 0 Å². The Morgan fingerprint density at radius 3 is 3.00 bits per heavy atom. The minimum atomic E-state index is 0.167. The Labute approximate surface area is 107 Å². The molecule has 0 radical (unpaired) electrons. The summed E-state index contributed by atoms with van der Waals surface area (Å²) in [6.45, 7) is 3.23. The van der Waals surface area contributed by atoms with Gasteiger partial charge in [-0.3, -0.25) is 0 Å². The summed E-state index contributed by atoms with van der Waals surface area (Å²) in [6.07, 6.45) is 2.02. The number of aromatic nitrogens is 1. The van der Waals surface area contributed by atoms with Crippen LogP contribution in [-0.2, 0) is 17.8 Å². The van der Waals surface area contributed by atoms with Crippen molar-refractivity contribution in [2.45, 2.75) is 13.1 Å². The summed E-state index contributed by atoms with van der Waals surface area (Å²) in [6, 6.07) is 8.50. The number of aliphatic hydroxyl groups is 1. The van der Waals surface area contributed by atoms with Crippen molar-refractivity contribution in [1.82, 2.24) is 9.88 Å². The van der Waals surface area contributed by atoms with Crippen molar-refractivity contribution < 1.29 is 9.84 Å². The molecule has 0 saturated carbocycles. The second-order valence-corrected chi connectivity index (χ2v) is 4.30. The highest BCUT2D eigenvalue weighted by molar-refractivity contribution is 5.80. The fourth-order valence-electron chi connectivity index (χ4n) is 2.05. The van der Waals surface area contributed by atoms with Gasteiger partial charge in [0.2, 0.25) is 0 Å². The molecule has 98 valence electrons. The first-order valence-electron chi connectivity index (χ1n) is 6.23. The summed E-state index contributed by atoms with van der Waals surface area (Å²) in [4.78, 5) is 0. The van der Waals surface area contributed by atoms with Gasteiger partial charge in [-0.2, -0.15) is 0 Å². The van der Waals surface area contributed by atoms with Crippen LogP contribution in [0.25, 0.3) is 10.9 Å². The first-order chi connectivity index (χ1) is 8.85. The van der Waals surface area contributed by atoms with Gasteiger partial charge < -0.3 is 19.7 Å². The Bertz CT molecular complexity index is 493. The van der Waals surface area contributed by atoms with Crippen LogP contribution in [0.4, 0.5) is 0 Å². The van der Waals surface area contributed by atoms with Crippen LogP contribution in [-0.4, -0.2) is 36.5 Å². The maximum atomic E-state index is 9.02. The Balaban J connectivity index is 2.07. The van der Waals surface area contributed by atoms with Gasteiger partial charge >= 0.3 is 0 Å². The zero-order valence-corrected chi connectivity index (χ0v) is 10.7. The van der Waals surface area contributed by atoms with Crippen molar-refractivity contribution in [2.75, 3.05) is 26.9 Å². The number of hydrogen-bond donors (Lipinski definition) is 2. The lowest BCUT2D eigenvalue weighted by atomic mass is 10.1. The highest BCUT2D eigenvalue weighted by Crippen LogP contribution is 2.17. The molecule has 0 aliphatic heterocycles. The molecule has 0 bridgehead atoms. The summed E-state index contributed by atoms with van der Waals surface area (Å²) >= 11 is 0. The molecule has 0 spiro atoms. The van der Waals surface area contributed by atoms with E-state index >= 15 is 0 Å². The summed E-state index contributed by atoms with van der Waals surface area (Å²) in [5.41, 5.74) is 2.42. The van der Waals surface area contributed by atoms with E-state index in [-0.39, 0.29) is 6.61 Å². The molecule has 18 heavy (non-hydrogen) atoms. The molecule has 0 atom stereocenters. The number of rotatable bonds is 7. The van der Waals surface area contributed by atoms with E-state index < -0.39 is 0 Å². The molecule has 2 N–H and O–H groups in total. The number of aliphatic hydroxyl groups excluding tert-OH is 1. The predicted octanol–water partition coefficient (Wildman–Crippen LogP) is 1.37. The summed E-state index contributed by atoms with van der Waals surface area (Å²) in [5.74, 6) is 0. The van der Waals surface area contributed by atoms with Gasteiger partial charge in [-0.1, -0.05) is 12.1 Å². The van der Waals surface area contributed by atoms with Crippen LogP contribution in [0.2, 0.25) is 0 Å². The zero-order chi connectivity index (χ0) is 12.8. The van der Waals surface area contributed by atoms with Gasteiger partial charge in [0.1, 0.15) is 0 Å². The summed E-state index contributed by atoms with van der Waals surface area (Å²) in [5, 5.41) is 13.6. The lowest BCUT2D eigenvalue weighted by Crippen LogP contribution is -2.18. The van der Waals surface area contributed by atoms with Crippen molar-refractivity contribution in [3.63, 3.8) is 0 Å². The largest absolute Gasteiger partial charge is 0.395 e. The number of nitrogens with one attached hydrogen (secondary N) is 1. The first-order valence-corrected chi connectivity index (χ1v) is 6.23. The van der Waals surface area contributed by atoms with E-state index in [1.54, 1.807) is 7.11 Å². The Kier molecular flexibility index (Phi) is 4.75. The topological polar surface area (TPSA) is 46.4 Å². The molecule has 1 aromatic heterocycles. The molecule has 0 aliphatic carbocycles. The van der Waals surface area contributed by atoms with Crippen molar-refractivity contribution >= 4 is 10.9 Å². The van der Waals surface area contributed by atoms with Crippen LogP contribution < -0.4 is 5.32 Å². The molecule has 0 fully saturated rings. The molecule has 1 heterocycles. The Morgan fingerprint density at radius 2 is 2.22 bits per heavy atom. The number of nitrogens with zero attached hydrogens (tertiary/aromatic N) is 1. The minimum Gasteiger partial charge on any atom is -0.395 e. The molecule has 0 saturated heterocycles. The van der Waals surface area contributed by atoms with Gasteiger partial charge in [0.05, 0.1) is 13.2 Å². The molecule has 2 aromatic rings. The molecule has 2 rings (SSSR count). The maximum absolute atomic E-state index is 9.02. The molecule has 4 nitrogen and oxygen atoms in total. The summed E-state index contributed by atoms with van der Waals surface area (Å²) < 4.78 is 7.07. The van der Waals surface area contributed by atoms with E-state index in [1.165, 1.54) is 16.5 Å². The Morgan fingerprint density at radius 1 is 1.33 bits per heavy atom. The first kappa shape index (κ1) is 13.1. The van der Waals surface area contributed by atoms with Crippen LogP contribution in [0.1, 0.15) is 5.56 Å². The number of fused-ring (bicyclic) bond motifs is 1. The second-order valence-electron chi connectivity index (χ2n) is 4.30. The van der Waals surface area contributed by atoms with E-state index in [4.69, 9.17) is 9.84 Å². The third kappa shape index (κ3) is 3.10. The molecule has 0 amide bonds. The molecule has 0 unspecified atom stereocenters. The van der Waals surface area contributed by atoms with Crippen LogP contribution in [0.5, 0.6) is 0 Å². The average molecular weight is 248 g/mol.